The highest BCUT2D eigenvalue weighted by atomic mass is 32.2. The van der Waals surface area contributed by atoms with Crippen molar-refractivity contribution in [2.45, 2.75) is 38.2 Å². The maximum Gasteiger partial charge on any atom is 0.255 e. The molecule has 1 N–H and O–H groups in total. The van der Waals surface area contributed by atoms with Crippen LogP contribution in [-0.4, -0.2) is 41.0 Å². The smallest absolute Gasteiger partial charge is 0.255 e. The van der Waals surface area contributed by atoms with Crippen molar-refractivity contribution in [2.24, 2.45) is 5.92 Å². The average molecular weight is 431 g/mol. The van der Waals surface area contributed by atoms with Gasteiger partial charge in [0.15, 0.2) is 0 Å². The number of carbonyl (C=O) groups is 2. The molecule has 0 bridgehead atoms. The summed E-state index contributed by atoms with van der Waals surface area (Å²) >= 11 is 1.64. The van der Waals surface area contributed by atoms with Gasteiger partial charge in [-0.3, -0.25) is 9.59 Å². The first kappa shape index (κ1) is 22.2. The highest BCUT2D eigenvalue weighted by molar-refractivity contribution is 8.00. The van der Waals surface area contributed by atoms with E-state index in [2.05, 4.69) is 19.2 Å². The molecule has 7 heteroatoms. The van der Waals surface area contributed by atoms with E-state index in [9.17, 15) is 14.0 Å². The largest absolute Gasteiger partial charge is 0.497 e. The second-order valence-electron chi connectivity index (χ2n) is 7.72. The molecule has 0 aliphatic carbocycles. The molecule has 160 valence electrons. The third kappa shape index (κ3) is 5.33. The minimum atomic E-state index is -0.547. The lowest BCUT2D eigenvalue weighted by Gasteiger charge is -2.30. The minimum absolute atomic E-state index is 0.0545. The topological polar surface area (TPSA) is 58.6 Å². The highest BCUT2D eigenvalue weighted by Gasteiger charge is 2.41. The zero-order valence-corrected chi connectivity index (χ0v) is 18.2. The van der Waals surface area contributed by atoms with E-state index in [0.717, 1.165) is 12.0 Å². The summed E-state index contributed by atoms with van der Waals surface area (Å²) in [6.07, 6.45) is 0.814. The molecule has 2 amide bonds. The zero-order valence-electron chi connectivity index (χ0n) is 17.4. The van der Waals surface area contributed by atoms with Crippen LogP contribution in [-0.2, 0) is 11.3 Å². The van der Waals surface area contributed by atoms with Crippen molar-refractivity contribution in [1.29, 1.82) is 0 Å². The molecule has 0 radical (unpaired) electrons. The van der Waals surface area contributed by atoms with Crippen LogP contribution >= 0.6 is 11.8 Å². The van der Waals surface area contributed by atoms with Gasteiger partial charge in [0.25, 0.3) is 5.91 Å². The van der Waals surface area contributed by atoms with Crippen LogP contribution in [0.25, 0.3) is 0 Å². The number of hydrogen-bond acceptors (Lipinski definition) is 4. The quantitative estimate of drug-likeness (QED) is 0.719. The summed E-state index contributed by atoms with van der Waals surface area (Å²) < 4.78 is 18.3. The van der Waals surface area contributed by atoms with E-state index in [1.807, 2.05) is 0 Å². The summed E-state index contributed by atoms with van der Waals surface area (Å²) in [6, 6.07) is 12.4. The van der Waals surface area contributed by atoms with Gasteiger partial charge < -0.3 is 15.0 Å². The van der Waals surface area contributed by atoms with Crippen LogP contribution in [0.3, 0.4) is 0 Å². The van der Waals surface area contributed by atoms with Gasteiger partial charge in [-0.25, -0.2) is 4.39 Å². The average Bonchev–Trinajstić information content (AvgIpc) is 3.15. The molecule has 3 rings (SSSR count). The normalized spacial score (nSPS) is 18.5. The maximum absolute atomic E-state index is 13.3. The van der Waals surface area contributed by atoms with Gasteiger partial charge in [0.1, 0.15) is 17.6 Å². The zero-order chi connectivity index (χ0) is 21.7. The number of methoxy groups -OCH3 is 1. The van der Waals surface area contributed by atoms with Crippen molar-refractivity contribution in [3.05, 3.63) is 65.5 Å². The van der Waals surface area contributed by atoms with Crippen molar-refractivity contribution >= 4 is 23.6 Å². The first-order valence-corrected chi connectivity index (χ1v) is 11.0. The lowest BCUT2D eigenvalue weighted by molar-refractivity contribution is -0.125. The third-order valence-electron chi connectivity index (χ3n) is 5.02. The van der Waals surface area contributed by atoms with Gasteiger partial charge >= 0.3 is 0 Å². The standard InChI is InChI=1S/C23H27FN2O3S/c1-15(2)12-21-26(23(28)17-6-10-19(29-3)11-7-17)20(14-30-21)22(27)25-13-16-4-8-18(24)9-5-16/h4-11,15,20-21H,12-14H2,1-3H3,(H,25,27). The van der Waals surface area contributed by atoms with Gasteiger partial charge in [0.2, 0.25) is 5.91 Å². The second kappa shape index (κ2) is 9.98. The Labute approximate surface area is 181 Å². The number of amides is 2. The van der Waals surface area contributed by atoms with E-state index in [-0.39, 0.29) is 23.0 Å². The van der Waals surface area contributed by atoms with Gasteiger partial charge in [-0.15, -0.1) is 11.8 Å². The number of rotatable bonds is 7. The molecule has 2 atom stereocenters. The van der Waals surface area contributed by atoms with E-state index < -0.39 is 6.04 Å². The summed E-state index contributed by atoms with van der Waals surface area (Å²) in [6.45, 7) is 4.51. The fourth-order valence-electron chi connectivity index (χ4n) is 3.41. The molecule has 1 heterocycles. The van der Waals surface area contributed by atoms with Crippen LogP contribution in [0.5, 0.6) is 5.75 Å². The number of thioether (sulfide) groups is 1. The molecular formula is C23H27FN2O3S. The molecule has 0 spiro atoms. The van der Waals surface area contributed by atoms with Crippen LogP contribution in [0.2, 0.25) is 0 Å². The number of halogens is 1. The van der Waals surface area contributed by atoms with Crippen molar-refractivity contribution in [1.82, 2.24) is 10.2 Å². The van der Waals surface area contributed by atoms with Crippen molar-refractivity contribution in [3.63, 3.8) is 0 Å². The number of ether oxygens (including phenoxy) is 1. The Bertz CT molecular complexity index is 871. The molecule has 1 saturated heterocycles. The van der Waals surface area contributed by atoms with Crippen molar-refractivity contribution in [2.75, 3.05) is 12.9 Å². The number of nitrogens with zero attached hydrogens (tertiary/aromatic N) is 1. The van der Waals surface area contributed by atoms with E-state index >= 15 is 0 Å². The molecule has 30 heavy (non-hydrogen) atoms. The van der Waals surface area contributed by atoms with E-state index in [1.165, 1.54) is 12.1 Å². The molecule has 1 aliphatic heterocycles. The summed E-state index contributed by atoms with van der Waals surface area (Å²) in [5, 5.41) is 2.85. The highest BCUT2D eigenvalue weighted by Crippen LogP contribution is 2.35. The first-order chi connectivity index (χ1) is 14.4. The van der Waals surface area contributed by atoms with E-state index in [0.29, 0.717) is 29.5 Å². The lowest BCUT2D eigenvalue weighted by Crippen LogP contribution is -2.49. The predicted molar refractivity (Wildman–Crippen MR) is 117 cm³/mol. The number of nitrogens with one attached hydrogen (secondary N) is 1. The van der Waals surface area contributed by atoms with Gasteiger partial charge in [0.05, 0.1) is 12.5 Å². The first-order valence-electron chi connectivity index (χ1n) is 9.99. The molecule has 2 aromatic carbocycles. The maximum atomic E-state index is 13.3. The summed E-state index contributed by atoms with van der Waals surface area (Å²) in [5.41, 5.74) is 1.34. The fraction of sp³-hybridized carbons (Fsp3) is 0.391. The second-order valence-corrected chi connectivity index (χ2v) is 8.93. The van der Waals surface area contributed by atoms with Gasteiger partial charge in [-0.1, -0.05) is 26.0 Å². The van der Waals surface area contributed by atoms with Crippen LogP contribution in [0.4, 0.5) is 4.39 Å². The SMILES string of the molecule is COc1ccc(C(=O)N2C(CC(C)C)SCC2C(=O)NCc2ccc(F)cc2)cc1. The Hall–Kier alpha value is -2.54. The van der Waals surface area contributed by atoms with Gasteiger partial charge in [-0.05, 0) is 54.3 Å². The van der Waals surface area contributed by atoms with Crippen LogP contribution in [0.15, 0.2) is 48.5 Å². The third-order valence-corrected chi connectivity index (χ3v) is 6.33. The summed E-state index contributed by atoms with van der Waals surface area (Å²) in [7, 11) is 1.58. The molecule has 1 aliphatic rings. The van der Waals surface area contributed by atoms with Crippen LogP contribution < -0.4 is 10.1 Å². The van der Waals surface area contributed by atoms with Crippen molar-refractivity contribution < 1.29 is 18.7 Å². The minimum Gasteiger partial charge on any atom is -0.497 e. The lowest BCUT2D eigenvalue weighted by atomic mass is 10.1. The predicted octanol–water partition coefficient (Wildman–Crippen LogP) is 4.08. The van der Waals surface area contributed by atoms with E-state index in [1.54, 1.807) is 60.2 Å². The Morgan fingerprint density at radius 3 is 2.43 bits per heavy atom. The molecule has 1 fully saturated rings. The Morgan fingerprint density at radius 2 is 1.83 bits per heavy atom. The number of benzene rings is 2. The summed E-state index contributed by atoms with van der Waals surface area (Å²) in [5.74, 6) is 0.957. The molecular weight excluding hydrogens is 403 g/mol. The van der Waals surface area contributed by atoms with Crippen LogP contribution in [0.1, 0.15) is 36.2 Å². The van der Waals surface area contributed by atoms with Crippen LogP contribution in [0, 0.1) is 11.7 Å². The molecule has 2 unspecified atom stereocenters. The molecule has 0 aromatic heterocycles. The number of carbonyl (C=O) groups excluding carboxylic acids is 2. The molecule has 5 nitrogen and oxygen atoms in total. The fourth-order valence-corrected chi connectivity index (χ4v) is 5.06. The Morgan fingerprint density at radius 1 is 1.17 bits per heavy atom. The van der Waals surface area contributed by atoms with Gasteiger partial charge in [0, 0.05) is 17.9 Å². The van der Waals surface area contributed by atoms with E-state index in [4.69, 9.17) is 4.74 Å². The van der Waals surface area contributed by atoms with Crippen molar-refractivity contribution in [3.8, 4) is 5.75 Å². The Balaban J connectivity index is 1.75. The summed E-state index contributed by atoms with van der Waals surface area (Å²) in [4.78, 5) is 28.0. The monoisotopic (exact) mass is 430 g/mol. The molecule has 0 saturated carbocycles. The van der Waals surface area contributed by atoms with Gasteiger partial charge in [-0.2, -0.15) is 0 Å². The Kier molecular flexibility index (Phi) is 7.37. The molecule has 2 aromatic rings. The number of hydrogen-bond donors (Lipinski definition) is 1.